The standard InChI is InChI=1S/C11H10N6O5/c18-9(13-5-8-2-1-3-12-4-8)6-15-7-14-10(16(19)20)11(15)17(21)22/h1-4,7H,5-6H2,(H,13,18). The SMILES string of the molecule is O=C(Cn1cnc([N+](=O)[O-])c1[N+](=O)[O-])NCc1cccnc1. The molecule has 2 heterocycles. The van der Waals surface area contributed by atoms with Crippen LogP contribution in [0.25, 0.3) is 0 Å². The van der Waals surface area contributed by atoms with Gasteiger partial charge in [-0.1, -0.05) is 6.07 Å². The molecule has 22 heavy (non-hydrogen) atoms. The Balaban J connectivity index is 2.06. The molecule has 0 aliphatic rings. The third-order valence-corrected chi connectivity index (χ3v) is 2.66. The minimum absolute atomic E-state index is 0.192. The van der Waals surface area contributed by atoms with Crippen molar-refractivity contribution in [2.24, 2.45) is 0 Å². The van der Waals surface area contributed by atoms with E-state index in [2.05, 4.69) is 15.3 Å². The van der Waals surface area contributed by atoms with E-state index in [0.717, 1.165) is 16.5 Å². The number of carbonyl (C=O) groups excluding carboxylic acids is 1. The van der Waals surface area contributed by atoms with Gasteiger partial charge in [0.25, 0.3) is 12.2 Å². The summed E-state index contributed by atoms with van der Waals surface area (Å²) in [6, 6.07) is 3.45. The van der Waals surface area contributed by atoms with E-state index in [0.29, 0.717) is 0 Å². The number of hydrogen-bond acceptors (Lipinski definition) is 7. The fraction of sp³-hybridized carbons (Fsp3) is 0.182. The second-order valence-corrected chi connectivity index (χ2v) is 4.17. The van der Waals surface area contributed by atoms with E-state index in [1.54, 1.807) is 24.5 Å². The van der Waals surface area contributed by atoms with Gasteiger partial charge in [0, 0.05) is 23.9 Å². The Kier molecular flexibility index (Phi) is 4.36. The molecule has 0 bridgehead atoms. The van der Waals surface area contributed by atoms with E-state index in [-0.39, 0.29) is 6.54 Å². The topological polar surface area (TPSA) is 146 Å². The summed E-state index contributed by atoms with van der Waals surface area (Å²) < 4.78 is 0.816. The van der Waals surface area contributed by atoms with Crippen molar-refractivity contribution in [3.8, 4) is 0 Å². The van der Waals surface area contributed by atoms with Crippen molar-refractivity contribution in [2.45, 2.75) is 13.1 Å². The molecule has 0 aliphatic carbocycles. The summed E-state index contributed by atoms with van der Waals surface area (Å²) >= 11 is 0. The number of nitro groups is 2. The summed E-state index contributed by atoms with van der Waals surface area (Å²) in [7, 11) is 0. The predicted octanol–water partition coefficient (Wildman–Crippen LogP) is 0.411. The lowest BCUT2D eigenvalue weighted by molar-refractivity contribution is -0.428. The number of pyridine rings is 1. The molecule has 114 valence electrons. The number of rotatable bonds is 6. The molecule has 0 unspecified atom stereocenters. The minimum atomic E-state index is -0.970. The van der Waals surface area contributed by atoms with E-state index in [9.17, 15) is 25.0 Å². The minimum Gasteiger partial charge on any atom is -0.358 e. The zero-order valence-electron chi connectivity index (χ0n) is 11.1. The molecule has 0 saturated carbocycles. The zero-order valence-corrected chi connectivity index (χ0v) is 11.1. The first-order valence-electron chi connectivity index (χ1n) is 5.98. The number of nitrogens with zero attached hydrogens (tertiary/aromatic N) is 5. The smallest absolute Gasteiger partial charge is 0.358 e. The third-order valence-electron chi connectivity index (χ3n) is 2.66. The Labute approximate surface area is 122 Å². The molecule has 1 amide bonds. The molecular formula is C11H10N6O5. The van der Waals surface area contributed by atoms with Gasteiger partial charge in [0.2, 0.25) is 0 Å². The molecule has 0 radical (unpaired) electrons. The molecule has 1 N–H and O–H groups in total. The Morgan fingerprint density at radius 3 is 2.68 bits per heavy atom. The van der Waals surface area contributed by atoms with Crippen LogP contribution in [-0.2, 0) is 17.9 Å². The normalized spacial score (nSPS) is 10.2. The van der Waals surface area contributed by atoms with Gasteiger partial charge >= 0.3 is 11.6 Å². The molecule has 2 rings (SSSR count). The van der Waals surface area contributed by atoms with Crippen molar-refractivity contribution in [1.29, 1.82) is 0 Å². The highest BCUT2D eigenvalue weighted by Crippen LogP contribution is 2.24. The van der Waals surface area contributed by atoms with Crippen molar-refractivity contribution < 1.29 is 14.6 Å². The maximum absolute atomic E-state index is 11.8. The lowest BCUT2D eigenvalue weighted by atomic mass is 10.3. The molecule has 0 saturated heterocycles. The van der Waals surface area contributed by atoms with E-state index in [1.165, 1.54) is 0 Å². The van der Waals surface area contributed by atoms with Crippen molar-refractivity contribution >= 4 is 17.5 Å². The lowest BCUT2D eigenvalue weighted by Gasteiger charge is -2.03. The second-order valence-electron chi connectivity index (χ2n) is 4.17. The number of aromatic nitrogens is 3. The summed E-state index contributed by atoms with van der Waals surface area (Å²) in [6.45, 7) is -0.255. The highest BCUT2D eigenvalue weighted by molar-refractivity contribution is 5.76. The highest BCUT2D eigenvalue weighted by atomic mass is 16.6. The Bertz CT molecular complexity index is 713. The van der Waals surface area contributed by atoms with Crippen molar-refractivity contribution in [3.05, 3.63) is 56.6 Å². The lowest BCUT2D eigenvalue weighted by Crippen LogP contribution is -2.27. The van der Waals surface area contributed by atoms with Crippen LogP contribution in [0.5, 0.6) is 0 Å². The number of amides is 1. The molecule has 2 aromatic heterocycles. The maximum Gasteiger partial charge on any atom is 0.462 e. The van der Waals surface area contributed by atoms with Gasteiger partial charge < -0.3 is 25.5 Å². The molecule has 0 fully saturated rings. The van der Waals surface area contributed by atoms with Crippen LogP contribution in [0.15, 0.2) is 30.9 Å². The highest BCUT2D eigenvalue weighted by Gasteiger charge is 2.32. The van der Waals surface area contributed by atoms with Gasteiger partial charge in [-0.3, -0.25) is 9.78 Å². The fourth-order valence-corrected chi connectivity index (χ4v) is 1.71. The van der Waals surface area contributed by atoms with Crippen LogP contribution in [0.2, 0.25) is 0 Å². The first kappa shape index (κ1) is 15.0. The van der Waals surface area contributed by atoms with E-state index in [4.69, 9.17) is 0 Å². The summed E-state index contributed by atoms with van der Waals surface area (Å²) in [5, 5.41) is 24.1. The first-order chi connectivity index (χ1) is 10.5. The van der Waals surface area contributed by atoms with Crippen LogP contribution in [0.4, 0.5) is 11.6 Å². The molecule has 11 heteroatoms. The molecule has 2 aromatic rings. The zero-order chi connectivity index (χ0) is 16.1. The van der Waals surface area contributed by atoms with Gasteiger partial charge in [-0.05, 0) is 21.5 Å². The largest absolute Gasteiger partial charge is 0.462 e. The Hall–Kier alpha value is -3.37. The van der Waals surface area contributed by atoms with E-state index in [1.807, 2.05) is 0 Å². The van der Waals surface area contributed by atoms with Crippen molar-refractivity contribution in [3.63, 3.8) is 0 Å². The molecular weight excluding hydrogens is 296 g/mol. The van der Waals surface area contributed by atoms with Gasteiger partial charge in [0.05, 0.1) is 0 Å². The summed E-state index contributed by atoms with van der Waals surface area (Å²) in [5.41, 5.74) is 0.752. The van der Waals surface area contributed by atoms with E-state index < -0.39 is 33.9 Å². The molecule has 0 spiro atoms. The van der Waals surface area contributed by atoms with Crippen LogP contribution < -0.4 is 5.32 Å². The second kappa shape index (κ2) is 6.39. The quantitative estimate of drug-likeness (QED) is 0.600. The summed E-state index contributed by atoms with van der Waals surface area (Å²) in [6.07, 6.45) is 4.03. The number of hydrogen-bond donors (Lipinski definition) is 1. The molecule has 0 aliphatic heterocycles. The van der Waals surface area contributed by atoms with Gasteiger partial charge in [-0.2, -0.15) is 4.57 Å². The maximum atomic E-state index is 11.8. The Morgan fingerprint density at radius 1 is 1.32 bits per heavy atom. The Morgan fingerprint density at radius 2 is 2.09 bits per heavy atom. The van der Waals surface area contributed by atoms with Crippen LogP contribution in [0, 0.1) is 20.2 Å². The number of nitrogens with one attached hydrogen (secondary N) is 1. The molecule has 0 aromatic carbocycles. The summed E-state index contributed by atoms with van der Waals surface area (Å²) in [5.74, 6) is -2.27. The van der Waals surface area contributed by atoms with Crippen LogP contribution >= 0.6 is 0 Å². The van der Waals surface area contributed by atoms with Crippen molar-refractivity contribution in [1.82, 2.24) is 19.9 Å². The van der Waals surface area contributed by atoms with Gasteiger partial charge in [-0.25, -0.2) is 0 Å². The monoisotopic (exact) mass is 306 g/mol. The first-order valence-corrected chi connectivity index (χ1v) is 5.98. The van der Waals surface area contributed by atoms with Crippen LogP contribution in [0.1, 0.15) is 5.56 Å². The van der Waals surface area contributed by atoms with E-state index >= 15 is 0 Å². The number of imidazole rings is 1. The van der Waals surface area contributed by atoms with Crippen molar-refractivity contribution in [2.75, 3.05) is 0 Å². The predicted molar refractivity (Wildman–Crippen MR) is 71.6 cm³/mol. The fourth-order valence-electron chi connectivity index (χ4n) is 1.71. The average Bonchev–Trinajstić information content (AvgIpc) is 2.90. The van der Waals surface area contributed by atoms with Crippen LogP contribution in [0.3, 0.4) is 0 Å². The number of carbonyl (C=O) groups is 1. The van der Waals surface area contributed by atoms with Gasteiger partial charge in [0.15, 0.2) is 6.54 Å². The molecule has 11 nitrogen and oxygen atoms in total. The van der Waals surface area contributed by atoms with Crippen LogP contribution in [-0.4, -0.2) is 30.3 Å². The average molecular weight is 306 g/mol. The van der Waals surface area contributed by atoms with Gasteiger partial charge in [0.1, 0.15) is 0 Å². The third kappa shape index (κ3) is 3.39. The summed E-state index contributed by atoms with van der Waals surface area (Å²) in [4.78, 5) is 38.6. The molecule has 0 atom stereocenters. The van der Waals surface area contributed by atoms with Gasteiger partial charge in [-0.15, -0.1) is 0 Å².